The molecule has 1 aromatic rings. The molecule has 1 aliphatic heterocycles. The van der Waals surface area contributed by atoms with Crippen LogP contribution in [0.5, 0.6) is 0 Å². The first-order valence-electron chi connectivity index (χ1n) is 6.36. The standard InChI is InChI=1S/C13H16N4O2/c14-9-10-3-4-13(17(18)19)12(8-10)16-7-5-11-2-1-6-15-11/h3-4,8,11,15-16H,1-2,5-7H2/t11-/m0/s1. The van der Waals surface area contributed by atoms with Crippen molar-refractivity contribution in [3.8, 4) is 6.07 Å². The van der Waals surface area contributed by atoms with Crippen molar-refractivity contribution in [1.29, 1.82) is 5.26 Å². The number of nitro benzene ring substituents is 1. The highest BCUT2D eigenvalue weighted by Gasteiger charge is 2.16. The summed E-state index contributed by atoms with van der Waals surface area (Å²) < 4.78 is 0. The zero-order valence-electron chi connectivity index (χ0n) is 10.6. The van der Waals surface area contributed by atoms with Crippen LogP contribution in [0, 0.1) is 21.4 Å². The molecule has 0 saturated carbocycles. The van der Waals surface area contributed by atoms with Gasteiger partial charge in [-0.15, -0.1) is 0 Å². The molecular formula is C13H16N4O2. The maximum Gasteiger partial charge on any atom is 0.292 e. The third-order valence-electron chi connectivity index (χ3n) is 3.29. The zero-order valence-corrected chi connectivity index (χ0v) is 10.6. The van der Waals surface area contributed by atoms with Crippen LogP contribution in [0.3, 0.4) is 0 Å². The lowest BCUT2D eigenvalue weighted by Gasteiger charge is -2.11. The molecule has 0 bridgehead atoms. The first kappa shape index (κ1) is 13.3. The molecule has 1 heterocycles. The first-order valence-corrected chi connectivity index (χ1v) is 6.36. The highest BCUT2D eigenvalue weighted by Crippen LogP contribution is 2.25. The Morgan fingerprint density at radius 3 is 3.05 bits per heavy atom. The Balaban J connectivity index is 2.00. The molecule has 0 aliphatic carbocycles. The van der Waals surface area contributed by atoms with E-state index in [-0.39, 0.29) is 5.69 Å². The molecule has 0 spiro atoms. The molecule has 100 valence electrons. The van der Waals surface area contributed by atoms with Crippen LogP contribution in [-0.2, 0) is 0 Å². The van der Waals surface area contributed by atoms with Crippen LogP contribution in [0.15, 0.2) is 18.2 Å². The van der Waals surface area contributed by atoms with Crippen LogP contribution < -0.4 is 10.6 Å². The second-order valence-electron chi connectivity index (χ2n) is 4.61. The van der Waals surface area contributed by atoms with Gasteiger partial charge in [-0.3, -0.25) is 10.1 Å². The Kier molecular flexibility index (Phi) is 4.31. The van der Waals surface area contributed by atoms with E-state index in [1.165, 1.54) is 24.6 Å². The molecule has 0 radical (unpaired) electrons. The van der Waals surface area contributed by atoms with Gasteiger partial charge in [-0.2, -0.15) is 5.26 Å². The monoisotopic (exact) mass is 260 g/mol. The number of nitrogens with one attached hydrogen (secondary N) is 2. The normalized spacial score (nSPS) is 17.9. The highest BCUT2D eigenvalue weighted by molar-refractivity contribution is 5.64. The van der Waals surface area contributed by atoms with Crippen molar-refractivity contribution in [1.82, 2.24) is 5.32 Å². The average molecular weight is 260 g/mol. The van der Waals surface area contributed by atoms with E-state index in [4.69, 9.17) is 5.26 Å². The number of nitro groups is 1. The predicted molar refractivity (Wildman–Crippen MR) is 71.9 cm³/mol. The molecule has 1 aromatic carbocycles. The van der Waals surface area contributed by atoms with Gasteiger partial charge in [0.2, 0.25) is 0 Å². The number of hydrogen-bond donors (Lipinski definition) is 2. The van der Waals surface area contributed by atoms with E-state index >= 15 is 0 Å². The zero-order chi connectivity index (χ0) is 13.7. The van der Waals surface area contributed by atoms with Crippen LogP contribution in [0.4, 0.5) is 11.4 Å². The van der Waals surface area contributed by atoms with E-state index in [2.05, 4.69) is 10.6 Å². The lowest BCUT2D eigenvalue weighted by Crippen LogP contribution is -2.24. The Morgan fingerprint density at radius 1 is 1.58 bits per heavy atom. The molecule has 0 amide bonds. The number of anilines is 1. The molecule has 19 heavy (non-hydrogen) atoms. The summed E-state index contributed by atoms with van der Waals surface area (Å²) in [4.78, 5) is 10.5. The fourth-order valence-electron chi connectivity index (χ4n) is 2.29. The minimum atomic E-state index is -0.433. The summed E-state index contributed by atoms with van der Waals surface area (Å²) >= 11 is 0. The topological polar surface area (TPSA) is 91.0 Å². The maximum atomic E-state index is 10.9. The van der Waals surface area contributed by atoms with Crippen molar-refractivity contribution in [3.05, 3.63) is 33.9 Å². The van der Waals surface area contributed by atoms with E-state index in [0.29, 0.717) is 23.8 Å². The van der Waals surface area contributed by atoms with E-state index in [1.54, 1.807) is 0 Å². The second kappa shape index (κ2) is 6.16. The largest absolute Gasteiger partial charge is 0.379 e. The van der Waals surface area contributed by atoms with Gasteiger partial charge in [0.15, 0.2) is 0 Å². The molecule has 6 nitrogen and oxygen atoms in total. The van der Waals surface area contributed by atoms with E-state index in [0.717, 1.165) is 19.4 Å². The van der Waals surface area contributed by atoms with Crippen LogP contribution in [0.1, 0.15) is 24.8 Å². The molecule has 1 fully saturated rings. The summed E-state index contributed by atoms with van der Waals surface area (Å²) in [5, 5.41) is 26.2. The molecule has 1 atom stereocenters. The minimum absolute atomic E-state index is 0.0124. The van der Waals surface area contributed by atoms with Crippen LogP contribution in [0.2, 0.25) is 0 Å². The quantitative estimate of drug-likeness (QED) is 0.624. The van der Waals surface area contributed by atoms with Gasteiger partial charge >= 0.3 is 0 Å². The summed E-state index contributed by atoms with van der Waals surface area (Å²) in [6.07, 6.45) is 3.27. The lowest BCUT2D eigenvalue weighted by atomic mass is 10.1. The van der Waals surface area contributed by atoms with Crippen molar-refractivity contribution in [3.63, 3.8) is 0 Å². The smallest absolute Gasteiger partial charge is 0.292 e. The van der Waals surface area contributed by atoms with Crippen LogP contribution >= 0.6 is 0 Å². The van der Waals surface area contributed by atoms with Crippen molar-refractivity contribution in [2.24, 2.45) is 0 Å². The third-order valence-corrected chi connectivity index (χ3v) is 3.29. The van der Waals surface area contributed by atoms with Crippen LogP contribution in [-0.4, -0.2) is 24.1 Å². The van der Waals surface area contributed by atoms with Crippen molar-refractivity contribution in [2.75, 3.05) is 18.4 Å². The van der Waals surface area contributed by atoms with Gasteiger partial charge in [0.25, 0.3) is 5.69 Å². The molecular weight excluding hydrogens is 244 g/mol. The SMILES string of the molecule is N#Cc1ccc([N+](=O)[O-])c(NCC[C@@H]2CCCN2)c1. The van der Waals surface area contributed by atoms with Gasteiger partial charge in [0, 0.05) is 18.7 Å². The number of nitriles is 1. The molecule has 1 saturated heterocycles. The van der Waals surface area contributed by atoms with Gasteiger partial charge in [0.05, 0.1) is 16.6 Å². The summed E-state index contributed by atoms with van der Waals surface area (Å²) in [5.41, 5.74) is 0.854. The fraction of sp³-hybridized carbons (Fsp3) is 0.462. The Hall–Kier alpha value is -2.13. The van der Waals surface area contributed by atoms with Gasteiger partial charge in [-0.25, -0.2) is 0 Å². The number of nitrogens with zero attached hydrogens (tertiary/aromatic N) is 2. The highest BCUT2D eigenvalue weighted by atomic mass is 16.6. The lowest BCUT2D eigenvalue weighted by molar-refractivity contribution is -0.384. The Labute approximate surface area is 111 Å². The van der Waals surface area contributed by atoms with Crippen LogP contribution in [0.25, 0.3) is 0 Å². The number of rotatable bonds is 5. The molecule has 0 unspecified atom stereocenters. The summed E-state index contributed by atoms with van der Waals surface area (Å²) in [7, 11) is 0. The second-order valence-corrected chi connectivity index (χ2v) is 4.61. The fourth-order valence-corrected chi connectivity index (χ4v) is 2.29. The first-order chi connectivity index (χ1) is 9.20. The predicted octanol–water partition coefficient (Wildman–Crippen LogP) is 2.02. The van der Waals surface area contributed by atoms with E-state index < -0.39 is 4.92 Å². The van der Waals surface area contributed by atoms with Gasteiger partial charge in [-0.1, -0.05) is 0 Å². The minimum Gasteiger partial charge on any atom is -0.379 e. The summed E-state index contributed by atoms with van der Waals surface area (Å²) in [6.45, 7) is 1.71. The summed E-state index contributed by atoms with van der Waals surface area (Å²) in [6, 6.07) is 6.84. The van der Waals surface area contributed by atoms with Crippen molar-refractivity contribution in [2.45, 2.75) is 25.3 Å². The molecule has 1 aliphatic rings. The molecule has 0 aromatic heterocycles. The molecule has 2 N–H and O–H groups in total. The molecule has 6 heteroatoms. The Bertz CT molecular complexity index is 504. The number of hydrogen-bond acceptors (Lipinski definition) is 5. The van der Waals surface area contributed by atoms with Crippen molar-refractivity contribution < 1.29 is 4.92 Å². The molecule has 2 rings (SSSR count). The average Bonchev–Trinajstić information content (AvgIpc) is 2.91. The van der Waals surface area contributed by atoms with E-state index in [9.17, 15) is 10.1 Å². The Morgan fingerprint density at radius 2 is 2.42 bits per heavy atom. The third kappa shape index (κ3) is 3.42. The van der Waals surface area contributed by atoms with E-state index in [1.807, 2.05) is 6.07 Å². The van der Waals surface area contributed by atoms with Crippen molar-refractivity contribution >= 4 is 11.4 Å². The number of benzene rings is 1. The maximum absolute atomic E-state index is 10.9. The van der Waals surface area contributed by atoms with Gasteiger partial charge in [-0.05, 0) is 37.9 Å². The van der Waals surface area contributed by atoms with Gasteiger partial charge < -0.3 is 10.6 Å². The summed E-state index contributed by atoms with van der Waals surface area (Å²) in [5.74, 6) is 0. The van der Waals surface area contributed by atoms with Gasteiger partial charge in [0.1, 0.15) is 5.69 Å².